The number of benzene rings is 1. The number of thiol groups is 1. The van der Waals surface area contributed by atoms with Crippen LogP contribution in [0.4, 0.5) is 5.69 Å². The van der Waals surface area contributed by atoms with Crippen LogP contribution in [0.1, 0.15) is 31.7 Å². The molecule has 0 aromatic heterocycles. The van der Waals surface area contributed by atoms with Crippen LogP contribution < -0.4 is 5.32 Å². The second-order valence-corrected chi connectivity index (χ2v) is 3.95. The van der Waals surface area contributed by atoms with E-state index in [1.54, 1.807) is 0 Å². The molecule has 0 saturated heterocycles. The topological polar surface area (TPSA) is 29.1 Å². The largest absolute Gasteiger partial charge is 0.325 e. The van der Waals surface area contributed by atoms with Gasteiger partial charge in [-0.15, -0.1) is 0 Å². The molecule has 82 valence electrons. The lowest BCUT2D eigenvalue weighted by molar-refractivity contribution is -0.113. The molecule has 0 fully saturated rings. The van der Waals surface area contributed by atoms with Crippen LogP contribution in [0, 0.1) is 0 Å². The van der Waals surface area contributed by atoms with Gasteiger partial charge in [-0.25, -0.2) is 0 Å². The summed E-state index contributed by atoms with van der Waals surface area (Å²) in [5.41, 5.74) is 2.14. The van der Waals surface area contributed by atoms with E-state index in [1.165, 1.54) is 5.56 Å². The van der Waals surface area contributed by atoms with Crippen LogP contribution in [-0.2, 0) is 4.79 Å². The Hall–Kier alpha value is -0.960. The zero-order valence-electron chi connectivity index (χ0n) is 9.16. The predicted molar refractivity (Wildman–Crippen MR) is 67.6 cm³/mol. The lowest BCUT2D eigenvalue weighted by Crippen LogP contribution is -2.12. The van der Waals surface area contributed by atoms with Crippen molar-refractivity contribution in [3.05, 3.63) is 29.8 Å². The van der Waals surface area contributed by atoms with Gasteiger partial charge in [-0.05, 0) is 30.0 Å². The van der Waals surface area contributed by atoms with Crippen molar-refractivity contribution in [3.8, 4) is 0 Å². The zero-order chi connectivity index (χ0) is 11.3. The third kappa shape index (κ3) is 3.59. The van der Waals surface area contributed by atoms with Gasteiger partial charge in [0.25, 0.3) is 0 Å². The summed E-state index contributed by atoms with van der Waals surface area (Å²) >= 11 is 3.90. The van der Waals surface area contributed by atoms with Gasteiger partial charge < -0.3 is 5.32 Å². The molecule has 1 rings (SSSR count). The van der Waals surface area contributed by atoms with E-state index in [1.807, 2.05) is 12.1 Å². The fraction of sp³-hybridized carbons (Fsp3) is 0.417. The highest BCUT2D eigenvalue weighted by atomic mass is 32.1. The van der Waals surface area contributed by atoms with Crippen LogP contribution >= 0.6 is 12.6 Å². The molecule has 1 aromatic carbocycles. The Kier molecular flexibility index (Phi) is 4.69. The van der Waals surface area contributed by atoms with Crippen LogP contribution in [0.5, 0.6) is 0 Å². The van der Waals surface area contributed by atoms with Crippen molar-refractivity contribution >= 4 is 24.2 Å². The van der Waals surface area contributed by atoms with Gasteiger partial charge in [0.2, 0.25) is 5.91 Å². The number of amides is 1. The van der Waals surface area contributed by atoms with Crippen LogP contribution in [0.25, 0.3) is 0 Å². The fourth-order valence-electron chi connectivity index (χ4n) is 1.33. The number of anilines is 1. The Morgan fingerprint density at radius 2 is 2.00 bits per heavy atom. The van der Waals surface area contributed by atoms with Crippen molar-refractivity contribution in [1.29, 1.82) is 0 Å². The smallest absolute Gasteiger partial charge is 0.234 e. The van der Waals surface area contributed by atoms with E-state index >= 15 is 0 Å². The van der Waals surface area contributed by atoms with E-state index in [4.69, 9.17) is 0 Å². The summed E-state index contributed by atoms with van der Waals surface area (Å²) in [4.78, 5) is 11.1. The van der Waals surface area contributed by atoms with Gasteiger partial charge in [0.05, 0.1) is 5.75 Å². The quantitative estimate of drug-likeness (QED) is 0.755. The maximum Gasteiger partial charge on any atom is 0.234 e. The molecule has 2 nitrogen and oxygen atoms in total. The highest BCUT2D eigenvalue weighted by Crippen LogP contribution is 2.20. The molecule has 1 aromatic rings. The van der Waals surface area contributed by atoms with Gasteiger partial charge in [-0.1, -0.05) is 26.0 Å². The van der Waals surface area contributed by atoms with Gasteiger partial charge in [-0.3, -0.25) is 4.79 Å². The van der Waals surface area contributed by atoms with Crippen molar-refractivity contribution in [2.75, 3.05) is 11.1 Å². The van der Waals surface area contributed by atoms with Crippen LogP contribution in [0.3, 0.4) is 0 Å². The zero-order valence-corrected chi connectivity index (χ0v) is 10.1. The average molecular weight is 223 g/mol. The van der Waals surface area contributed by atoms with E-state index in [-0.39, 0.29) is 11.7 Å². The fourth-order valence-corrected chi connectivity index (χ4v) is 1.41. The average Bonchev–Trinajstić information content (AvgIpc) is 2.29. The molecule has 15 heavy (non-hydrogen) atoms. The third-order valence-corrected chi connectivity index (χ3v) is 2.81. The van der Waals surface area contributed by atoms with E-state index in [2.05, 4.69) is 43.9 Å². The Morgan fingerprint density at radius 1 is 1.40 bits per heavy atom. The number of carbonyl (C=O) groups excluding carboxylic acids is 1. The van der Waals surface area contributed by atoms with E-state index < -0.39 is 0 Å². The summed E-state index contributed by atoms with van der Waals surface area (Å²) in [7, 11) is 0. The van der Waals surface area contributed by atoms with Crippen molar-refractivity contribution < 1.29 is 4.79 Å². The summed E-state index contributed by atoms with van der Waals surface area (Å²) in [6, 6.07) is 7.98. The molecule has 3 heteroatoms. The summed E-state index contributed by atoms with van der Waals surface area (Å²) < 4.78 is 0. The number of carbonyl (C=O) groups is 1. The summed E-state index contributed by atoms with van der Waals surface area (Å²) in [6.07, 6.45) is 1.13. The van der Waals surface area contributed by atoms with Gasteiger partial charge in [-0.2, -0.15) is 12.6 Å². The van der Waals surface area contributed by atoms with Crippen molar-refractivity contribution in [2.45, 2.75) is 26.2 Å². The van der Waals surface area contributed by atoms with Crippen LogP contribution in [-0.4, -0.2) is 11.7 Å². The molecule has 1 atom stereocenters. The Morgan fingerprint density at radius 3 is 2.47 bits per heavy atom. The van der Waals surface area contributed by atoms with Crippen LogP contribution in [0.2, 0.25) is 0 Å². The molecular weight excluding hydrogens is 206 g/mol. The monoisotopic (exact) mass is 223 g/mol. The first-order valence-electron chi connectivity index (χ1n) is 5.18. The van der Waals surface area contributed by atoms with E-state index in [9.17, 15) is 4.79 Å². The minimum absolute atomic E-state index is 0.0744. The van der Waals surface area contributed by atoms with Gasteiger partial charge in [0, 0.05) is 5.69 Å². The molecule has 1 amide bonds. The molecule has 0 radical (unpaired) electrons. The van der Waals surface area contributed by atoms with E-state index in [0.717, 1.165) is 12.1 Å². The first-order valence-corrected chi connectivity index (χ1v) is 5.81. The second kappa shape index (κ2) is 5.81. The van der Waals surface area contributed by atoms with E-state index in [0.29, 0.717) is 5.92 Å². The number of hydrogen-bond acceptors (Lipinski definition) is 2. The van der Waals surface area contributed by atoms with Crippen molar-refractivity contribution in [3.63, 3.8) is 0 Å². The minimum Gasteiger partial charge on any atom is -0.325 e. The number of nitrogens with one attached hydrogen (secondary N) is 1. The van der Waals surface area contributed by atoms with Crippen molar-refractivity contribution in [1.82, 2.24) is 0 Å². The molecule has 0 saturated carbocycles. The lowest BCUT2D eigenvalue weighted by atomic mass is 9.99. The molecule has 0 heterocycles. The SMILES string of the molecule is CCC(C)c1ccc(NC(=O)CS)cc1. The minimum atomic E-state index is -0.0744. The first-order chi connectivity index (χ1) is 7.17. The molecule has 1 N–H and O–H groups in total. The normalized spacial score (nSPS) is 12.2. The third-order valence-electron chi connectivity index (χ3n) is 2.52. The molecule has 0 spiro atoms. The molecule has 0 aliphatic rings. The maximum absolute atomic E-state index is 11.1. The summed E-state index contributed by atoms with van der Waals surface area (Å²) in [6.45, 7) is 4.36. The second-order valence-electron chi connectivity index (χ2n) is 3.64. The summed E-state index contributed by atoms with van der Waals surface area (Å²) in [5.74, 6) is 0.710. The van der Waals surface area contributed by atoms with Crippen molar-refractivity contribution in [2.24, 2.45) is 0 Å². The van der Waals surface area contributed by atoms with Gasteiger partial charge in [0.15, 0.2) is 0 Å². The molecular formula is C12H17NOS. The van der Waals surface area contributed by atoms with Crippen LogP contribution in [0.15, 0.2) is 24.3 Å². The summed E-state index contributed by atoms with van der Waals surface area (Å²) in [5, 5.41) is 2.76. The molecule has 0 bridgehead atoms. The Labute approximate surface area is 96.5 Å². The van der Waals surface area contributed by atoms with Gasteiger partial charge in [0.1, 0.15) is 0 Å². The molecule has 0 aliphatic heterocycles. The maximum atomic E-state index is 11.1. The highest BCUT2D eigenvalue weighted by Gasteiger charge is 2.03. The Bertz CT molecular complexity index is 321. The van der Waals surface area contributed by atoms with Gasteiger partial charge >= 0.3 is 0 Å². The number of hydrogen-bond donors (Lipinski definition) is 2. The highest BCUT2D eigenvalue weighted by molar-refractivity contribution is 7.81. The standard InChI is InChI=1S/C12H17NOS/c1-3-9(2)10-4-6-11(7-5-10)13-12(14)8-15/h4-7,9,15H,3,8H2,1-2H3,(H,13,14). The predicted octanol–water partition coefficient (Wildman–Crippen LogP) is 3.07. The lowest BCUT2D eigenvalue weighted by Gasteiger charge is -2.10. The molecule has 0 aliphatic carbocycles. The number of rotatable bonds is 4. The molecule has 1 unspecified atom stereocenters. The Balaban J connectivity index is 2.68. The first kappa shape index (κ1) is 12.1.